The number of carboxylic acid groups (broad SMARTS) is 1. The fraction of sp³-hybridized carbons (Fsp3) is 0.444. The van der Waals surface area contributed by atoms with E-state index in [4.69, 9.17) is 9.84 Å². The number of carbonyl (C=O) groups is 2. The van der Waals surface area contributed by atoms with Crippen LogP contribution in [-0.4, -0.2) is 66.9 Å². The van der Waals surface area contributed by atoms with Gasteiger partial charge < -0.3 is 19.9 Å². The first kappa shape index (κ1) is 29.1. The zero-order valence-electron chi connectivity index (χ0n) is 21.2. The summed E-state index contributed by atoms with van der Waals surface area (Å²) in [6, 6.07) is 8.30. The van der Waals surface area contributed by atoms with Gasteiger partial charge in [0.15, 0.2) is 0 Å². The minimum atomic E-state index is -0.879. The molecule has 1 aromatic carbocycles. The van der Waals surface area contributed by atoms with E-state index in [1.54, 1.807) is 41.7 Å². The molecule has 0 unspecified atom stereocenters. The molecule has 0 atom stereocenters. The molecule has 0 spiro atoms. The Morgan fingerprint density at radius 1 is 1.25 bits per heavy atom. The summed E-state index contributed by atoms with van der Waals surface area (Å²) >= 11 is 1.67. The summed E-state index contributed by atoms with van der Waals surface area (Å²) in [7, 11) is 1.40. The number of likely N-dealkylation sites (tertiary alicyclic amines) is 1. The third-order valence-corrected chi connectivity index (χ3v) is 6.62. The molecule has 0 aliphatic carbocycles. The Hall–Kier alpha value is -3.17. The van der Waals surface area contributed by atoms with Crippen LogP contribution in [-0.2, 0) is 9.47 Å². The van der Waals surface area contributed by atoms with Crippen molar-refractivity contribution in [3.8, 4) is 0 Å². The molecule has 9 heteroatoms. The minimum absolute atomic E-state index is 0.331. The number of aromatic nitrogens is 1. The van der Waals surface area contributed by atoms with Gasteiger partial charge in [-0.15, -0.1) is 11.3 Å². The maximum atomic E-state index is 11.2. The number of alkyl carbamates (subject to hydrolysis) is 1. The molecule has 1 aliphatic rings. The molecule has 0 radical (unpaired) electrons. The van der Waals surface area contributed by atoms with Gasteiger partial charge in [-0.05, 0) is 62.9 Å². The van der Waals surface area contributed by atoms with Crippen LogP contribution in [0.25, 0.3) is 5.57 Å². The van der Waals surface area contributed by atoms with E-state index >= 15 is 0 Å². The van der Waals surface area contributed by atoms with Crippen molar-refractivity contribution in [1.29, 1.82) is 0 Å². The zero-order chi connectivity index (χ0) is 26.2. The zero-order valence-corrected chi connectivity index (χ0v) is 22.0. The maximum absolute atomic E-state index is 11.2. The molecule has 1 aromatic heterocycles. The van der Waals surface area contributed by atoms with Gasteiger partial charge >= 0.3 is 12.1 Å². The quantitative estimate of drug-likeness (QED) is 0.391. The first-order valence-corrected chi connectivity index (χ1v) is 13.0. The summed E-state index contributed by atoms with van der Waals surface area (Å²) in [4.78, 5) is 28.3. The number of benzene rings is 1. The lowest BCUT2D eigenvalue weighted by atomic mass is 9.97. The number of ether oxygens (including phenoxy) is 2. The highest BCUT2D eigenvalue weighted by Gasteiger charge is 2.19. The van der Waals surface area contributed by atoms with Gasteiger partial charge in [0.05, 0.1) is 25.0 Å². The molecular weight excluding hydrogens is 478 g/mol. The molecule has 196 valence electrons. The summed E-state index contributed by atoms with van der Waals surface area (Å²) in [6.07, 6.45) is 7.70. The van der Waals surface area contributed by atoms with Crippen molar-refractivity contribution in [2.24, 2.45) is 5.92 Å². The van der Waals surface area contributed by atoms with Crippen molar-refractivity contribution in [3.63, 3.8) is 0 Å². The molecule has 1 aliphatic heterocycles. The Morgan fingerprint density at radius 3 is 2.53 bits per heavy atom. The molecule has 1 saturated heterocycles. The van der Waals surface area contributed by atoms with Crippen LogP contribution in [0.4, 0.5) is 4.79 Å². The highest BCUT2D eigenvalue weighted by atomic mass is 32.1. The van der Waals surface area contributed by atoms with E-state index in [-0.39, 0.29) is 6.09 Å². The van der Waals surface area contributed by atoms with Gasteiger partial charge in [-0.25, -0.2) is 14.6 Å². The number of rotatable bonds is 11. The molecule has 2 heterocycles. The molecule has 2 aromatic rings. The van der Waals surface area contributed by atoms with E-state index in [1.165, 1.54) is 12.7 Å². The molecule has 3 rings (SSSR count). The van der Waals surface area contributed by atoms with Crippen LogP contribution < -0.4 is 5.32 Å². The fourth-order valence-corrected chi connectivity index (χ4v) is 4.43. The molecule has 1 amide bonds. The van der Waals surface area contributed by atoms with Gasteiger partial charge in [0, 0.05) is 31.1 Å². The number of piperidine rings is 1. The van der Waals surface area contributed by atoms with Gasteiger partial charge in [-0.2, -0.15) is 0 Å². The number of nitrogens with zero attached hydrogens (tertiary/aromatic N) is 2. The summed E-state index contributed by atoms with van der Waals surface area (Å²) in [5.41, 5.74) is 1.60. The average Bonchev–Trinajstić information content (AvgIpc) is 3.44. The van der Waals surface area contributed by atoms with Crippen molar-refractivity contribution in [2.45, 2.75) is 32.6 Å². The molecule has 36 heavy (non-hydrogen) atoms. The van der Waals surface area contributed by atoms with Crippen LogP contribution in [0, 0.1) is 5.92 Å². The monoisotopic (exact) mass is 515 g/mol. The number of thiazole rings is 1. The predicted octanol–water partition coefficient (Wildman–Crippen LogP) is 5.31. The molecule has 0 saturated carbocycles. The van der Waals surface area contributed by atoms with E-state index in [2.05, 4.69) is 32.6 Å². The SMILES string of the molecule is C=C(CC/C(=C/CN1CCC(CNC(=O)OC)CC1)c1nccs1)OCC.O=C(O)c1ccccc1. The van der Waals surface area contributed by atoms with Crippen molar-refractivity contribution in [2.75, 3.05) is 39.9 Å². The second-order valence-corrected chi connectivity index (χ2v) is 9.22. The number of nitrogens with one attached hydrogen (secondary N) is 1. The predicted molar refractivity (Wildman–Crippen MR) is 143 cm³/mol. The molecule has 2 N–H and O–H groups in total. The second kappa shape index (κ2) is 16.5. The Kier molecular flexibility index (Phi) is 13.3. The normalized spacial score (nSPS) is 14.3. The lowest BCUT2D eigenvalue weighted by molar-refractivity contribution is 0.0696. The Labute approximate surface area is 217 Å². The number of aromatic carboxylic acids is 1. The van der Waals surface area contributed by atoms with Gasteiger partial charge in [0.25, 0.3) is 0 Å². The highest BCUT2D eigenvalue weighted by molar-refractivity contribution is 7.10. The summed E-state index contributed by atoms with van der Waals surface area (Å²) < 4.78 is 10.1. The van der Waals surface area contributed by atoms with Gasteiger partial charge in [0.2, 0.25) is 0 Å². The van der Waals surface area contributed by atoms with Crippen LogP contribution in [0.1, 0.15) is 48.0 Å². The third kappa shape index (κ3) is 11.0. The molecule has 0 bridgehead atoms. The van der Waals surface area contributed by atoms with Crippen LogP contribution >= 0.6 is 11.3 Å². The summed E-state index contributed by atoms with van der Waals surface area (Å²) in [6.45, 7) is 10.3. The minimum Gasteiger partial charge on any atom is -0.499 e. The lowest BCUT2D eigenvalue weighted by Gasteiger charge is -2.31. The fourth-order valence-electron chi connectivity index (χ4n) is 3.72. The standard InChI is InChI=1S/C20H31N3O3S.C7H6O2/c1-4-26-16(2)5-6-18(19-21-10-14-27-19)9-13-23-11-7-17(8-12-23)15-22-20(24)25-3;8-7(9)6-4-2-1-3-5-6/h9-10,14,17H,2,4-8,11-13,15H2,1,3H3,(H,22,24);1-5H,(H,8,9)/b18-9-;. The highest BCUT2D eigenvalue weighted by Crippen LogP contribution is 2.25. The largest absolute Gasteiger partial charge is 0.499 e. The van der Waals surface area contributed by atoms with E-state index < -0.39 is 5.97 Å². The Balaban J connectivity index is 0.000000425. The van der Waals surface area contributed by atoms with Crippen molar-refractivity contribution < 1.29 is 24.2 Å². The first-order chi connectivity index (χ1) is 17.4. The molecule has 8 nitrogen and oxygen atoms in total. The van der Waals surface area contributed by atoms with Crippen LogP contribution in [0.15, 0.2) is 60.3 Å². The van der Waals surface area contributed by atoms with E-state index in [1.807, 2.05) is 18.5 Å². The molecule has 1 fully saturated rings. The molecular formula is C27H37N3O5S. The van der Waals surface area contributed by atoms with Crippen LogP contribution in [0.2, 0.25) is 0 Å². The summed E-state index contributed by atoms with van der Waals surface area (Å²) in [5, 5.41) is 14.3. The number of hydrogen-bond acceptors (Lipinski definition) is 7. The van der Waals surface area contributed by atoms with E-state index in [0.29, 0.717) is 24.6 Å². The maximum Gasteiger partial charge on any atom is 0.406 e. The number of carboxylic acids is 1. The first-order valence-electron chi connectivity index (χ1n) is 12.1. The van der Waals surface area contributed by atoms with Crippen LogP contribution in [0.5, 0.6) is 0 Å². The number of hydrogen-bond donors (Lipinski definition) is 2. The van der Waals surface area contributed by atoms with Gasteiger partial charge in [0.1, 0.15) is 5.01 Å². The third-order valence-electron chi connectivity index (χ3n) is 5.77. The van der Waals surface area contributed by atoms with E-state index in [9.17, 15) is 9.59 Å². The Bertz CT molecular complexity index is 955. The van der Waals surface area contributed by atoms with Crippen molar-refractivity contribution in [3.05, 3.63) is 70.9 Å². The topological polar surface area (TPSA) is 101 Å². The summed E-state index contributed by atoms with van der Waals surface area (Å²) in [5.74, 6) is 0.478. The smallest absolute Gasteiger partial charge is 0.406 e. The van der Waals surface area contributed by atoms with Gasteiger partial charge in [-0.3, -0.25) is 4.90 Å². The Morgan fingerprint density at radius 2 is 1.97 bits per heavy atom. The second-order valence-electron chi connectivity index (χ2n) is 8.33. The number of amides is 1. The number of carbonyl (C=O) groups excluding carboxylic acids is 1. The lowest BCUT2D eigenvalue weighted by Crippen LogP contribution is -2.38. The van der Waals surface area contributed by atoms with Crippen molar-refractivity contribution in [1.82, 2.24) is 15.2 Å². The van der Waals surface area contributed by atoms with Gasteiger partial charge in [-0.1, -0.05) is 30.9 Å². The number of methoxy groups -OCH3 is 1. The van der Waals surface area contributed by atoms with Crippen molar-refractivity contribution >= 4 is 29.0 Å². The number of allylic oxidation sites excluding steroid dienone is 2. The van der Waals surface area contributed by atoms with E-state index in [0.717, 1.165) is 56.1 Å². The average molecular weight is 516 g/mol. The van der Waals surface area contributed by atoms with Crippen LogP contribution in [0.3, 0.4) is 0 Å².